The maximum atomic E-state index is 11.8. The molecule has 0 radical (unpaired) electrons. The van der Waals surface area contributed by atoms with Crippen molar-refractivity contribution in [2.75, 3.05) is 26.5 Å². The third-order valence-corrected chi connectivity index (χ3v) is 3.22. The molecule has 1 aromatic rings. The van der Waals surface area contributed by atoms with Crippen molar-refractivity contribution in [3.8, 4) is 0 Å². The summed E-state index contributed by atoms with van der Waals surface area (Å²) in [5, 5.41) is 12.2. The van der Waals surface area contributed by atoms with Crippen LogP contribution < -0.4 is 5.32 Å². The number of methoxy groups -OCH3 is 1. The van der Waals surface area contributed by atoms with Gasteiger partial charge in [-0.15, -0.1) is 11.8 Å². The van der Waals surface area contributed by atoms with Gasteiger partial charge in [0.15, 0.2) is 0 Å². The zero-order valence-electron chi connectivity index (χ0n) is 10.7. The summed E-state index contributed by atoms with van der Waals surface area (Å²) in [6, 6.07) is 7.43. The highest BCUT2D eigenvalue weighted by molar-refractivity contribution is 7.98. The molecule has 0 aliphatic rings. The molecule has 2 N–H and O–H groups in total. The number of carbonyl (C=O) groups excluding carboxylic acids is 1. The number of hydrogen-bond acceptors (Lipinski definition) is 4. The number of aliphatic hydroxyl groups excluding tert-OH is 1. The van der Waals surface area contributed by atoms with E-state index in [4.69, 9.17) is 4.74 Å². The normalized spacial score (nSPS) is 12.2. The summed E-state index contributed by atoms with van der Waals surface area (Å²) in [7, 11) is 1.54. The molecule has 0 fully saturated rings. The summed E-state index contributed by atoms with van der Waals surface area (Å²) in [6.07, 6.45) is 1.95. The standard InChI is InChI=1S/C13H19NO3S/c1-17-9-11(15)7-8-14-13(16)10-3-5-12(18-2)6-4-10/h3-6,11,15H,7-9H2,1-2H3,(H,14,16). The summed E-state index contributed by atoms with van der Waals surface area (Å²) in [4.78, 5) is 12.9. The Labute approximate surface area is 112 Å². The second kappa shape index (κ2) is 8.13. The first kappa shape index (κ1) is 15.0. The number of amides is 1. The van der Waals surface area contributed by atoms with Crippen LogP contribution in [0, 0.1) is 0 Å². The Morgan fingerprint density at radius 2 is 2.11 bits per heavy atom. The Hall–Kier alpha value is -1.04. The molecule has 0 bridgehead atoms. The first-order valence-electron chi connectivity index (χ1n) is 5.76. The summed E-state index contributed by atoms with van der Waals surface area (Å²) in [5.74, 6) is -0.118. The van der Waals surface area contributed by atoms with Crippen LogP contribution in [0.25, 0.3) is 0 Å². The van der Waals surface area contributed by atoms with Crippen LogP contribution in [-0.2, 0) is 4.74 Å². The summed E-state index contributed by atoms with van der Waals surface area (Å²) in [5.41, 5.74) is 0.633. The minimum absolute atomic E-state index is 0.118. The first-order chi connectivity index (χ1) is 8.67. The van der Waals surface area contributed by atoms with Crippen molar-refractivity contribution in [2.24, 2.45) is 0 Å². The van der Waals surface area contributed by atoms with Gasteiger partial charge in [0.2, 0.25) is 0 Å². The van der Waals surface area contributed by atoms with E-state index in [-0.39, 0.29) is 12.5 Å². The van der Waals surface area contributed by atoms with Crippen LogP contribution in [0.5, 0.6) is 0 Å². The van der Waals surface area contributed by atoms with E-state index in [2.05, 4.69) is 5.32 Å². The highest BCUT2D eigenvalue weighted by Gasteiger charge is 2.07. The van der Waals surface area contributed by atoms with Crippen molar-refractivity contribution >= 4 is 17.7 Å². The Morgan fingerprint density at radius 1 is 1.44 bits per heavy atom. The molecule has 0 spiro atoms. The van der Waals surface area contributed by atoms with Crippen molar-refractivity contribution in [2.45, 2.75) is 17.4 Å². The SMILES string of the molecule is COCC(O)CCNC(=O)c1ccc(SC)cc1. The zero-order valence-corrected chi connectivity index (χ0v) is 11.5. The van der Waals surface area contributed by atoms with Crippen LogP contribution >= 0.6 is 11.8 Å². The summed E-state index contributed by atoms with van der Waals surface area (Å²) in [6.45, 7) is 0.728. The molecular formula is C13H19NO3S. The molecule has 0 aliphatic heterocycles. The maximum absolute atomic E-state index is 11.8. The van der Waals surface area contributed by atoms with Crippen LogP contribution in [0.1, 0.15) is 16.8 Å². The Balaban J connectivity index is 2.35. The number of thioether (sulfide) groups is 1. The highest BCUT2D eigenvalue weighted by atomic mass is 32.2. The second-order valence-electron chi connectivity index (χ2n) is 3.88. The lowest BCUT2D eigenvalue weighted by Crippen LogP contribution is -2.28. The summed E-state index contributed by atoms with van der Waals surface area (Å²) < 4.78 is 4.81. The third kappa shape index (κ3) is 5.08. The predicted molar refractivity (Wildman–Crippen MR) is 73.1 cm³/mol. The number of ether oxygens (including phenoxy) is 1. The molecule has 100 valence electrons. The fourth-order valence-corrected chi connectivity index (χ4v) is 1.88. The Kier molecular flexibility index (Phi) is 6.78. The van der Waals surface area contributed by atoms with E-state index in [9.17, 15) is 9.90 Å². The molecule has 0 saturated carbocycles. The minimum Gasteiger partial charge on any atom is -0.391 e. The number of rotatable bonds is 7. The molecular weight excluding hydrogens is 250 g/mol. The topological polar surface area (TPSA) is 58.6 Å². The van der Waals surface area contributed by atoms with E-state index >= 15 is 0 Å². The van der Waals surface area contributed by atoms with E-state index in [1.165, 1.54) is 7.11 Å². The van der Waals surface area contributed by atoms with E-state index in [0.29, 0.717) is 18.5 Å². The van der Waals surface area contributed by atoms with Crippen molar-refractivity contribution in [3.63, 3.8) is 0 Å². The molecule has 0 heterocycles. The molecule has 0 aromatic heterocycles. The monoisotopic (exact) mass is 269 g/mol. The van der Waals surface area contributed by atoms with Gasteiger partial charge in [-0.05, 0) is 36.9 Å². The lowest BCUT2D eigenvalue weighted by atomic mass is 10.2. The van der Waals surface area contributed by atoms with E-state index < -0.39 is 6.10 Å². The van der Waals surface area contributed by atoms with E-state index in [0.717, 1.165) is 4.90 Å². The van der Waals surface area contributed by atoms with Crippen molar-refractivity contribution < 1.29 is 14.6 Å². The van der Waals surface area contributed by atoms with Gasteiger partial charge in [0.05, 0.1) is 12.7 Å². The van der Waals surface area contributed by atoms with Crippen LogP contribution in [-0.4, -0.2) is 43.6 Å². The van der Waals surface area contributed by atoms with Gasteiger partial charge in [0.25, 0.3) is 5.91 Å². The van der Waals surface area contributed by atoms with Crippen molar-refractivity contribution in [1.82, 2.24) is 5.32 Å². The molecule has 0 aliphatic carbocycles. The molecule has 1 amide bonds. The Morgan fingerprint density at radius 3 is 2.67 bits per heavy atom. The second-order valence-corrected chi connectivity index (χ2v) is 4.76. The molecule has 1 rings (SSSR count). The van der Waals surface area contributed by atoms with Gasteiger partial charge in [-0.25, -0.2) is 0 Å². The van der Waals surface area contributed by atoms with Gasteiger partial charge >= 0.3 is 0 Å². The van der Waals surface area contributed by atoms with Crippen LogP contribution in [0.15, 0.2) is 29.2 Å². The van der Waals surface area contributed by atoms with Gasteiger partial charge in [-0.3, -0.25) is 4.79 Å². The average Bonchev–Trinajstić information content (AvgIpc) is 2.39. The summed E-state index contributed by atoms with van der Waals surface area (Å²) >= 11 is 1.64. The molecule has 18 heavy (non-hydrogen) atoms. The minimum atomic E-state index is -0.533. The fraction of sp³-hybridized carbons (Fsp3) is 0.462. The quantitative estimate of drug-likeness (QED) is 0.737. The van der Waals surface area contributed by atoms with Gasteiger partial charge in [0, 0.05) is 24.1 Å². The number of carbonyl (C=O) groups is 1. The third-order valence-electron chi connectivity index (χ3n) is 2.47. The van der Waals surface area contributed by atoms with Crippen molar-refractivity contribution in [1.29, 1.82) is 0 Å². The van der Waals surface area contributed by atoms with Gasteiger partial charge in [-0.1, -0.05) is 0 Å². The largest absolute Gasteiger partial charge is 0.391 e. The molecule has 5 heteroatoms. The van der Waals surface area contributed by atoms with E-state index in [1.807, 2.05) is 18.4 Å². The average molecular weight is 269 g/mol. The molecule has 1 aromatic carbocycles. The van der Waals surface area contributed by atoms with Crippen LogP contribution in [0.2, 0.25) is 0 Å². The lowest BCUT2D eigenvalue weighted by Gasteiger charge is -2.10. The smallest absolute Gasteiger partial charge is 0.251 e. The molecule has 0 saturated heterocycles. The highest BCUT2D eigenvalue weighted by Crippen LogP contribution is 2.14. The van der Waals surface area contributed by atoms with Crippen LogP contribution in [0.3, 0.4) is 0 Å². The number of aliphatic hydroxyl groups is 1. The molecule has 4 nitrogen and oxygen atoms in total. The lowest BCUT2D eigenvalue weighted by molar-refractivity contribution is 0.0587. The van der Waals surface area contributed by atoms with Crippen molar-refractivity contribution in [3.05, 3.63) is 29.8 Å². The fourth-order valence-electron chi connectivity index (χ4n) is 1.47. The number of benzene rings is 1. The van der Waals surface area contributed by atoms with Gasteiger partial charge in [-0.2, -0.15) is 0 Å². The Bertz CT molecular complexity index is 367. The maximum Gasteiger partial charge on any atom is 0.251 e. The van der Waals surface area contributed by atoms with Gasteiger partial charge in [0.1, 0.15) is 0 Å². The molecule has 1 unspecified atom stereocenters. The predicted octanol–water partition coefficient (Wildman–Crippen LogP) is 1.54. The number of hydrogen-bond donors (Lipinski definition) is 2. The molecule has 1 atom stereocenters. The van der Waals surface area contributed by atoms with Crippen LogP contribution in [0.4, 0.5) is 0 Å². The number of nitrogens with one attached hydrogen (secondary N) is 1. The first-order valence-corrected chi connectivity index (χ1v) is 6.99. The van der Waals surface area contributed by atoms with Gasteiger partial charge < -0.3 is 15.2 Å². The zero-order chi connectivity index (χ0) is 13.4. The van der Waals surface area contributed by atoms with E-state index in [1.54, 1.807) is 23.9 Å².